The Morgan fingerprint density at radius 2 is 1.81 bits per heavy atom. The molecule has 2 aromatic rings. The number of nitrogens with one attached hydrogen (secondary N) is 1. The molecule has 0 radical (unpaired) electrons. The number of carbonyl (C=O) groups is 1. The quantitative estimate of drug-likeness (QED) is 0.885. The predicted molar refractivity (Wildman–Crippen MR) is 82.5 cm³/mol. The van der Waals surface area contributed by atoms with Crippen LogP contribution in [0.25, 0.3) is 0 Å². The summed E-state index contributed by atoms with van der Waals surface area (Å²) in [6.07, 6.45) is 0.864. The van der Waals surface area contributed by atoms with Gasteiger partial charge in [0.15, 0.2) is 0 Å². The zero-order valence-electron chi connectivity index (χ0n) is 12.4. The van der Waals surface area contributed by atoms with E-state index in [-0.39, 0.29) is 24.2 Å². The molecule has 0 aromatic heterocycles. The summed E-state index contributed by atoms with van der Waals surface area (Å²) in [5.41, 5.74) is 2.69. The molecule has 2 nitrogen and oxygen atoms in total. The van der Waals surface area contributed by atoms with Gasteiger partial charge in [0, 0.05) is 0 Å². The molecule has 0 aliphatic carbocycles. The van der Waals surface area contributed by atoms with Crippen molar-refractivity contribution in [2.45, 2.75) is 32.7 Å². The van der Waals surface area contributed by atoms with Crippen molar-refractivity contribution in [3.05, 3.63) is 71.0 Å². The summed E-state index contributed by atoms with van der Waals surface area (Å²) in [5.74, 6) is -0.494. The van der Waals surface area contributed by atoms with E-state index in [9.17, 15) is 9.18 Å². The van der Waals surface area contributed by atoms with E-state index in [0.717, 1.165) is 17.5 Å². The Morgan fingerprint density at radius 3 is 2.48 bits per heavy atom. The molecule has 3 heteroatoms. The zero-order valence-corrected chi connectivity index (χ0v) is 12.4. The summed E-state index contributed by atoms with van der Waals surface area (Å²) in [6.45, 7) is 4.06. The van der Waals surface area contributed by atoms with Crippen LogP contribution in [-0.2, 0) is 11.2 Å². The van der Waals surface area contributed by atoms with Crippen molar-refractivity contribution in [1.29, 1.82) is 0 Å². The highest BCUT2D eigenvalue weighted by Gasteiger charge is 2.15. The maximum absolute atomic E-state index is 13.6. The van der Waals surface area contributed by atoms with Gasteiger partial charge >= 0.3 is 0 Å². The summed E-state index contributed by atoms with van der Waals surface area (Å²) in [6, 6.07) is 14.3. The Bertz CT molecular complexity index is 624. The third kappa shape index (κ3) is 3.91. The summed E-state index contributed by atoms with van der Waals surface area (Å²) in [7, 11) is 0. The number of benzene rings is 2. The van der Waals surface area contributed by atoms with Crippen molar-refractivity contribution < 1.29 is 9.18 Å². The molecule has 0 aliphatic heterocycles. The lowest BCUT2D eigenvalue weighted by molar-refractivity contribution is -0.121. The maximum Gasteiger partial charge on any atom is 0.225 e. The fraction of sp³-hybridized carbons (Fsp3) is 0.278. The van der Waals surface area contributed by atoms with Gasteiger partial charge in [-0.15, -0.1) is 0 Å². The molecule has 21 heavy (non-hydrogen) atoms. The number of hydrogen-bond donors (Lipinski definition) is 1. The number of halogens is 1. The average molecular weight is 285 g/mol. The van der Waals surface area contributed by atoms with Crippen LogP contribution in [0.3, 0.4) is 0 Å². The lowest BCUT2D eigenvalue weighted by Crippen LogP contribution is -2.30. The van der Waals surface area contributed by atoms with E-state index in [0.29, 0.717) is 5.56 Å². The number of rotatable bonds is 5. The Morgan fingerprint density at radius 1 is 1.14 bits per heavy atom. The van der Waals surface area contributed by atoms with Crippen LogP contribution in [0.4, 0.5) is 4.39 Å². The highest BCUT2D eigenvalue weighted by atomic mass is 19.1. The van der Waals surface area contributed by atoms with Crippen LogP contribution < -0.4 is 5.32 Å². The van der Waals surface area contributed by atoms with Gasteiger partial charge < -0.3 is 5.32 Å². The lowest BCUT2D eigenvalue weighted by atomic mass is 9.99. The van der Waals surface area contributed by atoms with E-state index in [1.165, 1.54) is 6.07 Å². The summed E-state index contributed by atoms with van der Waals surface area (Å²) >= 11 is 0. The second-order valence-electron chi connectivity index (χ2n) is 5.15. The fourth-order valence-corrected chi connectivity index (χ4v) is 2.44. The number of aryl methyl sites for hydroxylation is 1. The van der Waals surface area contributed by atoms with Gasteiger partial charge in [0.25, 0.3) is 0 Å². The minimum Gasteiger partial charge on any atom is -0.349 e. The van der Waals surface area contributed by atoms with Crippen LogP contribution in [0, 0.1) is 12.7 Å². The smallest absolute Gasteiger partial charge is 0.225 e. The lowest BCUT2D eigenvalue weighted by Gasteiger charge is -2.19. The zero-order chi connectivity index (χ0) is 15.2. The first-order valence-electron chi connectivity index (χ1n) is 7.20. The largest absolute Gasteiger partial charge is 0.349 e. The van der Waals surface area contributed by atoms with E-state index in [2.05, 4.69) is 5.32 Å². The van der Waals surface area contributed by atoms with Gasteiger partial charge in [-0.1, -0.05) is 49.4 Å². The van der Waals surface area contributed by atoms with Crippen molar-refractivity contribution in [2.75, 3.05) is 0 Å². The van der Waals surface area contributed by atoms with Gasteiger partial charge in [-0.25, -0.2) is 4.39 Å². The predicted octanol–water partition coefficient (Wildman–Crippen LogP) is 3.94. The molecule has 0 spiro atoms. The molecular formula is C18H20FNO. The van der Waals surface area contributed by atoms with Gasteiger partial charge in [0.1, 0.15) is 5.82 Å². The molecule has 1 atom stereocenters. The molecule has 1 N–H and O–H groups in total. The van der Waals surface area contributed by atoms with E-state index < -0.39 is 0 Å². The molecule has 0 fully saturated rings. The van der Waals surface area contributed by atoms with Gasteiger partial charge in [0.2, 0.25) is 5.91 Å². The third-order valence-electron chi connectivity index (χ3n) is 3.62. The number of hydrogen-bond acceptors (Lipinski definition) is 1. The Labute approximate surface area is 125 Å². The summed E-state index contributed by atoms with van der Waals surface area (Å²) in [4.78, 5) is 12.1. The van der Waals surface area contributed by atoms with E-state index in [1.807, 2.05) is 38.1 Å². The van der Waals surface area contributed by atoms with Crippen molar-refractivity contribution in [3.8, 4) is 0 Å². The Balaban J connectivity index is 2.07. The van der Waals surface area contributed by atoms with Crippen LogP contribution in [-0.4, -0.2) is 5.91 Å². The fourth-order valence-electron chi connectivity index (χ4n) is 2.44. The molecule has 0 aliphatic rings. The van der Waals surface area contributed by atoms with E-state index in [1.54, 1.807) is 18.2 Å². The van der Waals surface area contributed by atoms with Crippen molar-refractivity contribution in [2.24, 2.45) is 0 Å². The third-order valence-corrected chi connectivity index (χ3v) is 3.62. The van der Waals surface area contributed by atoms with Crippen LogP contribution in [0.15, 0.2) is 48.5 Å². The van der Waals surface area contributed by atoms with Crippen LogP contribution >= 0.6 is 0 Å². The van der Waals surface area contributed by atoms with E-state index >= 15 is 0 Å². The molecule has 1 unspecified atom stereocenters. The van der Waals surface area contributed by atoms with Crippen molar-refractivity contribution in [3.63, 3.8) is 0 Å². The minimum atomic E-state index is -0.336. The van der Waals surface area contributed by atoms with Crippen LogP contribution in [0.5, 0.6) is 0 Å². The molecule has 0 saturated heterocycles. The minimum absolute atomic E-state index is 0.0366. The van der Waals surface area contributed by atoms with Crippen LogP contribution in [0.1, 0.15) is 36.1 Å². The van der Waals surface area contributed by atoms with Crippen molar-refractivity contribution >= 4 is 5.91 Å². The standard InChI is InChI=1S/C18H20FNO/c1-3-17(15-10-6-4-8-13(15)2)20-18(21)12-14-9-5-7-11-16(14)19/h4-11,17H,3,12H2,1-2H3,(H,20,21). The molecule has 1 amide bonds. The average Bonchev–Trinajstić information content (AvgIpc) is 2.48. The molecule has 2 aromatic carbocycles. The Kier molecular flexibility index (Phi) is 5.09. The van der Waals surface area contributed by atoms with Gasteiger partial charge in [-0.3, -0.25) is 4.79 Å². The van der Waals surface area contributed by atoms with Gasteiger partial charge in [0.05, 0.1) is 12.5 Å². The molecule has 110 valence electrons. The highest BCUT2D eigenvalue weighted by Crippen LogP contribution is 2.20. The molecule has 0 saturated carbocycles. The Hall–Kier alpha value is -2.16. The van der Waals surface area contributed by atoms with Gasteiger partial charge in [-0.2, -0.15) is 0 Å². The highest BCUT2D eigenvalue weighted by molar-refractivity contribution is 5.79. The second kappa shape index (κ2) is 7.02. The first-order chi connectivity index (χ1) is 10.1. The van der Waals surface area contributed by atoms with E-state index in [4.69, 9.17) is 0 Å². The topological polar surface area (TPSA) is 29.1 Å². The molecule has 2 rings (SSSR count). The number of amides is 1. The SMILES string of the molecule is CCC(NC(=O)Cc1ccccc1F)c1ccccc1C. The first kappa shape index (κ1) is 15.2. The van der Waals surface area contributed by atoms with Crippen LogP contribution in [0.2, 0.25) is 0 Å². The van der Waals surface area contributed by atoms with Crippen molar-refractivity contribution in [1.82, 2.24) is 5.32 Å². The summed E-state index contributed by atoms with van der Waals surface area (Å²) in [5, 5.41) is 2.99. The molecule has 0 heterocycles. The number of carbonyl (C=O) groups excluding carboxylic acids is 1. The summed E-state index contributed by atoms with van der Waals surface area (Å²) < 4.78 is 13.6. The monoisotopic (exact) mass is 285 g/mol. The first-order valence-corrected chi connectivity index (χ1v) is 7.20. The second-order valence-corrected chi connectivity index (χ2v) is 5.15. The molecular weight excluding hydrogens is 265 g/mol. The maximum atomic E-state index is 13.6. The van der Waals surface area contributed by atoms with Gasteiger partial charge in [-0.05, 0) is 36.1 Å². The normalized spacial score (nSPS) is 12.0. The molecule has 0 bridgehead atoms.